The van der Waals surface area contributed by atoms with Gasteiger partial charge in [0.05, 0.1) is 5.38 Å². The second kappa shape index (κ2) is 3.06. The summed E-state index contributed by atoms with van der Waals surface area (Å²) in [6.45, 7) is 2.42. The minimum atomic E-state index is 0.325. The van der Waals surface area contributed by atoms with Crippen molar-refractivity contribution in [3.63, 3.8) is 0 Å². The molecule has 2 unspecified atom stereocenters. The van der Waals surface area contributed by atoms with Gasteiger partial charge in [-0.3, -0.25) is 0 Å². The molecule has 0 N–H and O–H groups in total. The predicted octanol–water partition coefficient (Wildman–Crippen LogP) is 3.89. The number of hydrogen-bond donors (Lipinski definition) is 0. The van der Waals surface area contributed by atoms with E-state index in [9.17, 15) is 0 Å². The fourth-order valence-electron chi connectivity index (χ4n) is 2.62. The Hall–Kier alpha value is 0.0300. The average Bonchev–Trinajstić information content (AvgIpc) is 2.06. The minimum Gasteiger partial charge on any atom is -0.118 e. The lowest BCUT2D eigenvalue weighted by Crippen LogP contribution is -2.28. The Labute approximate surface area is 80.0 Å². The number of alkyl halides is 1. The van der Waals surface area contributed by atoms with E-state index in [0.29, 0.717) is 10.8 Å². The van der Waals surface area contributed by atoms with E-state index in [1.807, 2.05) is 0 Å². The molecule has 1 heteroatoms. The van der Waals surface area contributed by atoms with Crippen molar-refractivity contribution in [3.8, 4) is 0 Å². The van der Waals surface area contributed by atoms with Gasteiger partial charge in [-0.05, 0) is 37.5 Å². The van der Waals surface area contributed by atoms with E-state index in [1.165, 1.54) is 38.5 Å². The molecule has 0 aromatic carbocycles. The van der Waals surface area contributed by atoms with E-state index in [0.717, 1.165) is 0 Å². The lowest BCUT2D eigenvalue weighted by atomic mass is 9.66. The van der Waals surface area contributed by atoms with Crippen LogP contribution >= 0.6 is 11.6 Å². The molecule has 0 aliphatic heterocycles. The summed E-state index contributed by atoms with van der Waals surface area (Å²) in [6.07, 6.45) is 10.3. The van der Waals surface area contributed by atoms with Gasteiger partial charge >= 0.3 is 0 Å². The fraction of sp³-hybridized carbons (Fsp3) is 0.818. The van der Waals surface area contributed by atoms with Crippen LogP contribution < -0.4 is 0 Å². The van der Waals surface area contributed by atoms with Gasteiger partial charge in [0.2, 0.25) is 0 Å². The number of fused-ring (bicyclic) bond motifs is 1. The molecule has 1 saturated carbocycles. The number of hydrogen-bond acceptors (Lipinski definition) is 0. The van der Waals surface area contributed by atoms with E-state index in [1.54, 1.807) is 5.57 Å². The summed E-state index contributed by atoms with van der Waals surface area (Å²) in [4.78, 5) is 0. The summed E-state index contributed by atoms with van der Waals surface area (Å²) in [7, 11) is 0. The van der Waals surface area contributed by atoms with Crippen LogP contribution in [-0.2, 0) is 0 Å². The standard InChI is InChI=1S/C11H17Cl/c1-11-6-3-2-4-9(11)8-10(12)5-7-11/h8,10H,2-7H2,1H3. The molecule has 0 aromatic heterocycles. The zero-order valence-corrected chi connectivity index (χ0v) is 8.53. The summed E-state index contributed by atoms with van der Waals surface area (Å²) in [6, 6.07) is 0. The van der Waals surface area contributed by atoms with Crippen molar-refractivity contribution in [2.45, 2.75) is 50.8 Å². The maximum Gasteiger partial charge on any atom is 0.0519 e. The van der Waals surface area contributed by atoms with Crippen LogP contribution in [0.25, 0.3) is 0 Å². The summed E-state index contributed by atoms with van der Waals surface area (Å²) in [5.41, 5.74) is 2.18. The zero-order chi connectivity index (χ0) is 8.60. The molecule has 0 bridgehead atoms. The van der Waals surface area contributed by atoms with Crippen LogP contribution in [0, 0.1) is 5.41 Å². The van der Waals surface area contributed by atoms with Gasteiger partial charge in [-0.25, -0.2) is 0 Å². The summed E-state index contributed by atoms with van der Waals surface area (Å²) >= 11 is 6.12. The molecule has 2 aliphatic carbocycles. The molecular weight excluding hydrogens is 168 g/mol. The molecule has 0 heterocycles. The first kappa shape index (κ1) is 8.62. The Bertz CT molecular complexity index is 207. The SMILES string of the molecule is CC12CCCCC1=CC(Cl)CC2. The molecule has 0 nitrogen and oxygen atoms in total. The van der Waals surface area contributed by atoms with Gasteiger partial charge in [-0.15, -0.1) is 11.6 Å². The molecule has 2 aliphatic rings. The first-order chi connectivity index (χ1) is 5.71. The zero-order valence-electron chi connectivity index (χ0n) is 7.78. The highest BCUT2D eigenvalue weighted by Gasteiger charge is 2.34. The first-order valence-electron chi connectivity index (χ1n) is 5.06. The van der Waals surface area contributed by atoms with Crippen LogP contribution in [0.2, 0.25) is 0 Å². The maximum absolute atomic E-state index is 6.12. The van der Waals surface area contributed by atoms with Gasteiger partial charge in [0.1, 0.15) is 0 Å². The second-order valence-electron chi connectivity index (χ2n) is 4.51. The topological polar surface area (TPSA) is 0 Å². The van der Waals surface area contributed by atoms with Crippen molar-refractivity contribution >= 4 is 11.6 Å². The third kappa shape index (κ3) is 1.42. The van der Waals surface area contributed by atoms with Crippen LogP contribution in [0.5, 0.6) is 0 Å². The van der Waals surface area contributed by atoms with Crippen molar-refractivity contribution in [2.24, 2.45) is 5.41 Å². The van der Waals surface area contributed by atoms with Gasteiger partial charge in [-0.1, -0.05) is 25.0 Å². The Morgan fingerprint density at radius 2 is 2.25 bits per heavy atom. The molecule has 0 radical (unpaired) electrons. The van der Waals surface area contributed by atoms with E-state index in [-0.39, 0.29) is 0 Å². The summed E-state index contributed by atoms with van der Waals surface area (Å²) < 4.78 is 0. The number of rotatable bonds is 0. The van der Waals surface area contributed by atoms with E-state index in [4.69, 9.17) is 11.6 Å². The third-order valence-corrected chi connectivity index (χ3v) is 3.90. The number of allylic oxidation sites excluding steroid dienone is 2. The average molecular weight is 185 g/mol. The van der Waals surface area contributed by atoms with Gasteiger partial charge in [0.15, 0.2) is 0 Å². The number of halogens is 1. The molecule has 68 valence electrons. The van der Waals surface area contributed by atoms with Crippen LogP contribution in [0.1, 0.15) is 45.4 Å². The molecule has 0 amide bonds. The van der Waals surface area contributed by atoms with E-state index >= 15 is 0 Å². The molecular formula is C11H17Cl. The van der Waals surface area contributed by atoms with Crippen molar-refractivity contribution in [2.75, 3.05) is 0 Å². The highest BCUT2D eigenvalue weighted by molar-refractivity contribution is 6.21. The molecule has 0 aromatic rings. The predicted molar refractivity (Wildman–Crippen MR) is 53.5 cm³/mol. The molecule has 1 fully saturated rings. The molecule has 12 heavy (non-hydrogen) atoms. The lowest BCUT2D eigenvalue weighted by molar-refractivity contribution is 0.263. The van der Waals surface area contributed by atoms with Gasteiger partial charge in [0.25, 0.3) is 0 Å². The van der Waals surface area contributed by atoms with Crippen LogP contribution in [-0.4, -0.2) is 5.38 Å². The third-order valence-electron chi connectivity index (χ3n) is 3.55. The minimum absolute atomic E-state index is 0.325. The largest absolute Gasteiger partial charge is 0.118 e. The molecule has 0 saturated heterocycles. The monoisotopic (exact) mass is 184 g/mol. The summed E-state index contributed by atoms with van der Waals surface area (Å²) in [5.74, 6) is 0. The van der Waals surface area contributed by atoms with E-state index in [2.05, 4.69) is 13.0 Å². The normalized spacial score (nSPS) is 41.8. The van der Waals surface area contributed by atoms with Crippen molar-refractivity contribution in [3.05, 3.63) is 11.6 Å². The summed E-state index contributed by atoms with van der Waals surface area (Å²) in [5, 5.41) is 0.325. The van der Waals surface area contributed by atoms with Crippen LogP contribution in [0.4, 0.5) is 0 Å². The Morgan fingerprint density at radius 1 is 1.42 bits per heavy atom. The van der Waals surface area contributed by atoms with Crippen molar-refractivity contribution in [1.82, 2.24) is 0 Å². The molecule has 2 atom stereocenters. The van der Waals surface area contributed by atoms with Crippen LogP contribution in [0.15, 0.2) is 11.6 Å². The Kier molecular flexibility index (Phi) is 2.20. The van der Waals surface area contributed by atoms with Crippen molar-refractivity contribution < 1.29 is 0 Å². The fourth-order valence-corrected chi connectivity index (χ4v) is 2.88. The Balaban J connectivity index is 2.23. The smallest absolute Gasteiger partial charge is 0.0519 e. The maximum atomic E-state index is 6.12. The first-order valence-corrected chi connectivity index (χ1v) is 5.50. The quantitative estimate of drug-likeness (QED) is 0.396. The highest BCUT2D eigenvalue weighted by atomic mass is 35.5. The van der Waals surface area contributed by atoms with Crippen molar-refractivity contribution in [1.29, 1.82) is 0 Å². The van der Waals surface area contributed by atoms with Gasteiger partial charge in [-0.2, -0.15) is 0 Å². The van der Waals surface area contributed by atoms with Gasteiger partial charge < -0.3 is 0 Å². The second-order valence-corrected chi connectivity index (χ2v) is 5.07. The highest BCUT2D eigenvalue weighted by Crippen LogP contribution is 2.47. The Morgan fingerprint density at radius 3 is 3.08 bits per heavy atom. The molecule has 0 spiro atoms. The van der Waals surface area contributed by atoms with Crippen LogP contribution in [0.3, 0.4) is 0 Å². The lowest BCUT2D eigenvalue weighted by Gasteiger charge is -2.40. The van der Waals surface area contributed by atoms with E-state index < -0.39 is 0 Å². The van der Waals surface area contributed by atoms with Gasteiger partial charge in [0, 0.05) is 0 Å². The molecule has 2 rings (SSSR count).